The van der Waals surface area contributed by atoms with E-state index < -0.39 is 5.91 Å². The number of carbonyl (C=O) groups is 3. The van der Waals surface area contributed by atoms with Crippen molar-refractivity contribution in [2.75, 3.05) is 11.9 Å². The number of hydrogen-bond donors (Lipinski definition) is 2. The van der Waals surface area contributed by atoms with Crippen LogP contribution in [0.5, 0.6) is 0 Å². The van der Waals surface area contributed by atoms with Gasteiger partial charge in [0.25, 0.3) is 5.91 Å². The molecule has 1 aromatic heterocycles. The average Bonchev–Trinajstić information content (AvgIpc) is 3.08. The minimum atomic E-state index is -0.590. The van der Waals surface area contributed by atoms with Crippen molar-refractivity contribution in [1.82, 2.24) is 4.90 Å². The van der Waals surface area contributed by atoms with Crippen LogP contribution in [0.1, 0.15) is 34.1 Å². The molecule has 0 saturated carbocycles. The third-order valence-corrected chi connectivity index (χ3v) is 5.94. The molecular formula is C24H25N3O3S. The third-order valence-electron chi connectivity index (χ3n) is 4.92. The Hall–Kier alpha value is -3.45. The van der Waals surface area contributed by atoms with Crippen LogP contribution in [0.15, 0.2) is 60.7 Å². The lowest BCUT2D eigenvalue weighted by atomic mass is 10.0. The molecule has 160 valence electrons. The number of hydrogen-bond acceptors (Lipinski definition) is 4. The van der Waals surface area contributed by atoms with Crippen molar-refractivity contribution in [3.8, 4) is 11.1 Å². The van der Waals surface area contributed by atoms with Gasteiger partial charge in [-0.05, 0) is 18.1 Å². The lowest BCUT2D eigenvalue weighted by molar-refractivity contribution is -0.129. The predicted octanol–water partition coefficient (Wildman–Crippen LogP) is 4.20. The maximum absolute atomic E-state index is 12.6. The number of amides is 3. The lowest BCUT2D eigenvalue weighted by Gasteiger charge is -2.21. The van der Waals surface area contributed by atoms with Crippen molar-refractivity contribution in [2.45, 2.75) is 26.8 Å². The van der Waals surface area contributed by atoms with E-state index in [1.54, 1.807) is 4.90 Å². The maximum atomic E-state index is 12.6. The molecule has 3 rings (SSSR count). The second-order valence-corrected chi connectivity index (χ2v) is 8.42. The van der Waals surface area contributed by atoms with E-state index in [0.717, 1.165) is 21.6 Å². The van der Waals surface area contributed by atoms with Crippen molar-refractivity contribution in [2.24, 2.45) is 5.73 Å². The van der Waals surface area contributed by atoms with E-state index in [1.165, 1.54) is 18.3 Å². The molecule has 0 aliphatic rings. The van der Waals surface area contributed by atoms with Crippen LogP contribution in [0.3, 0.4) is 0 Å². The molecule has 7 heteroatoms. The third kappa shape index (κ3) is 5.58. The highest BCUT2D eigenvalue weighted by molar-refractivity contribution is 7.17. The molecule has 31 heavy (non-hydrogen) atoms. The van der Waals surface area contributed by atoms with Gasteiger partial charge in [-0.2, -0.15) is 0 Å². The number of nitrogens with two attached hydrogens (primary N) is 1. The van der Waals surface area contributed by atoms with Crippen LogP contribution >= 0.6 is 11.3 Å². The highest BCUT2D eigenvalue weighted by atomic mass is 32.1. The Labute approximate surface area is 185 Å². The van der Waals surface area contributed by atoms with Crippen LogP contribution < -0.4 is 11.1 Å². The normalized spacial score (nSPS) is 10.5. The summed E-state index contributed by atoms with van der Waals surface area (Å²) in [7, 11) is 0. The SMILES string of the molecule is CC(=O)N(CCC(=O)Nc1sc(C)c(-c2ccccc2)c1C(N)=O)Cc1ccccc1. The number of benzene rings is 2. The molecule has 0 aliphatic heterocycles. The van der Waals surface area contributed by atoms with Gasteiger partial charge in [0.05, 0.1) is 5.56 Å². The van der Waals surface area contributed by atoms with E-state index in [4.69, 9.17) is 5.73 Å². The fourth-order valence-electron chi connectivity index (χ4n) is 3.40. The van der Waals surface area contributed by atoms with Crippen LogP contribution in [0.4, 0.5) is 5.00 Å². The van der Waals surface area contributed by atoms with Crippen LogP contribution in [-0.2, 0) is 16.1 Å². The molecule has 0 radical (unpaired) electrons. The van der Waals surface area contributed by atoms with E-state index in [2.05, 4.69) is 5.32 Å². The van der Waals surface area contributed by atoms with E-state index in [0.29, 0.717) is 17.1 Å². The smallest absolute Gasteiger partial charge is 0.252 e. The van der Waals surface area contributed by atoms with Crippen molar-refractivity contribution >= 4 is 34.1 Å². The highest BCUT2D eigenvalue weighted by Crippen LogP contribution is 2.39. The molecular weight excluding hydrogens is 410 g/mol. The van der Waals surface area contributed by atoms with E-state index >= 15 is 0 Å². The summed E-state index contributed by atoms with van der Waals surface area (Å²) in [5, 5.41) is 3.26. The predicted molar refractivity (Wildman–Crippen MR) is 124 cm³/mol. The second-order valence-electron chi connectivity index (χ2n) is 7.19. The van der Waals surface area contributed by atoms with Crippen LogP contribution in [-0.4, -0.2) is 29.2 Å². The van der Waals surface area contributed by atoms with Gasteiger partial charge >= 0.3 is 0 Å². The summed E-state index contributed by atoms with van der Waals surface area (Å²) in [6.07, 6.45) is 0.113. The molecule has 6 nitrogen and oxygen atoms in total. The zero-order valence-electron chi connectivity index (χ0n) is 17.6. The first-order valence-electron chi connectivity index (χ1n) is 9.94. The Balaban J connectivity index is 1.73. The molecule has 0 spiro atoms. The zero-order valence-corrected chi connectivity index (χ0v) is 18.4. The molecule has 3 N–H and O–H groups in total. The van der Waals surface area contributed by atoms with E-state index in [-0.39, 0.29) is 24.8 Å². The van der Waals surface area contributed by atoms with Crippen molar-refractivity contribution in [1.29, 1.82) is 0 Å². The summed E-state index contributed by atoms with van der Waals surface area (Å²) < 4.78 is 0. The Morgan fingerprint density at radius 3 is 2.19 bits per heavy atom. The van der Waals surface area contributed by atoms with Gasteiger partial charge in [-0.1, -0.05) is 60.7 Å². The summed E-state index contributed by atoms with van der Waals surface area (Å²) in [5.74, 6) is -0.969. The fraction of sp³-hybridized carbons (Fsp3) is 0.208. The lowest BCUT2D eigenvalue weighted by Crippen LogP contribution is -2.31. The molecule has 0 atom stereocenters. The first-order chi connectivity index (χ1) is 14.9. The molecule has 0 fully saturated rings. The summed E-state index contributed by atoms with van der Waals surface area (Å²) in [4.78, 5) is 39.3. The number of anilines is 1. The topological polar surface area (TPSA) is 92.5 Å². The molecule has 3 amide bonds. The number of nitrogens with one attached hydrogen (secondary N) is 1. The van der Waals surface area contributed by atoms with Gasteiger partial charge in [-0.3, -0.25) is 14.4 Å². The number of rotatable bonds is 8. The molecule has 0 aliphatic carbocycles. The molecule has 0 saturated heterocycles. The summed E-state index contributed by atoms with van der Waals surface area (Å²) in [5.41, 5.74) is 8.57. The van der Waals surface area contributed by atoms with Crippen LogP contribution in [0.25, 0.3) is 11.1 Å². The number of carbonyl (C=O) groups excluding carboxylic acids is 3. The summed E-state index contributed by atoms with van der Waals surface area (Å²) in [6.45, 7) is 4.09. The number of nitrogens with zero attached hydrogens (tertiary/aromatic N) is 1. The minimum absolute atomic E-state index is 0.104. The largest absolute Gasteiger partial charge is 0.365 e. The van der Waals surface area contributed by atoms with Gasteiger partial charge in [0.2, 0.25) is 11.8 Å². The fourth-order valence-corrected chi connectivity index (χ4v) is 4.50. The Bertz CT molecular complexity index is 1080. The zero-order chi connectivity index (χ0) is 22.4. The van der Waals surface area contributed by atoms with Gasteiger partial charge in [0, 0.05) is 36.9 Å². The number of aryl methyl sites for hydroxylation is 1. The number of primary amides is 1. The second kappa shape index (κ2) is 10.0. The standard InChI is InChI=1S/C24H25N3O3S/c1-16-21(19-11-7-4-8-12-19)22(23(25)30)24(31-16)26-20(29)13-14-27(17(2)28)15-18-9-5-3-6-10-18/h3-12H,13-15H2,1-2H3,(H2,25,30)(H,26,29). The minimum Gasteiger partial charge on any atom is -0.365 e. The van der Waals surface area contributed by atoms with Gasteiger partial charge < -0.3 is 16.0 Å². The van der Waals surface area contributed by atoms with Crippen LogP contribution in [0, 0.1) is 6.92 Å². The Kier molecular flexibility index (Phi) is 7.20. The first kappa shape index (κ1) is 22.2. The summed E-state index contributed by atoms with van der Waals surface area (Å²) in [6, 6.07) is 19.1. The van der Waals surface area contributed by atoms with Gasteiger partial charge in [-0.15, -0.1) is 11.3 Å². The van der Waals surface area contributed by atoms with Gasteiger partial charge in [-0.25, -0.2) is 0 Å². The van der Waals surface area contributed by atoms with Crippen molar-refractivity contribution < 1.29 is 14.4 Å². The van der Waals surface area contributed by atoms with Crippen LogP contribution in [0.2, 0.25) is 0 Å². The van der Waals surface area contributed by atoms with Gasteiger partial charge in [0.15, 0.2) is 0 Å². The molecule has 1 heterocycles. The van der Waals surface area contributed by atoms with Gasteiger partial charge in [0.1, 0.15) is 5.00 Å². The maximum Gasteiger partial charge on any atom is 0.252 e. The quantitative estimate of drug-likeness (QED) is 0.555. The van der Waals surface area contributed by atoms with Crippen molar-refractivity contribution in [3.05, 3.63) is 76.7 Å². The average molecular weight is 436 g/mol. The molecule has 2 aromatic carbocycles. The van der Waals surface area contributed by atoms with E-state index in [9.17, 15) is 14.4 Å². The monoisotopic (exact) mass is 435 g/mol. The Morgan fingerprint density at radius 2 is 1.61 bits per heavy atom. The highest BCUT2D eigenvalue weighted by Gasteiger charge is 2.23. The first-order valence-corrected chi connectivity index (χ1v) is 10.8. The summed E-state index contributed by atoms with van der Waals surface area (Å²) >= 11 is 1.32. The van der Waals surface area contributed by atoms with E-state index in [1.807, 2.05) is 67.6 Å². The molecule has 3 aromatic rings. The molecule has 0 unspecified atom stereocenters. The number of thiophene rings is 1. The Morgan fingerprint density at radius 1 is 1.00 bits per heavy atom. The van der Waals surface area contributed by atoms with Crippen molar-refractivity contribution in [3.63, 3.8) is 0 Å². The molecule has 0 bridgehead atoms.